The van der Waals surface area contributed by atoms with Gasteiger partial charge < -0.3 is 24.1 Å². The van der Waals surface area contributed by atoms with Crippen LogP contribution in [-0.4, -0.2) is 30.6 Å². The summed E-state index contributed by atoms with van der Waals surface area (Å²) in [5.74, 6) is 1.36. The quantitative estimate of drug-likeness (QED) is 0.553. The highest BCUT2D eigenvalue weighted by atomic mass is 16.5. The SMILES string of the molecule is CCOCCOc1ccccc1C1(C)Nc2ccccc2C(=O)N1Cc1ccco1. The van der Waals surface area contributed by atoms with E-state index in [-0.39, 0.29) is 5.91 Å². The molecule has 1 atom stereocenters. The number of hydrogen-bond donors (Lipinski definition) is 1. The molecule has 1 aliphatic rings. The first-order chi connectivity index (χ1) is 14.6. The van der Waals surface area contributed by atoms with Gasteiger partial charge in [0.05, 0.1) is 25.0 Å². The summed E-state index contributed by atoms with van der Waals surface area (Å²) in [6, 6.07) is 19.0. The average molecular weight is 406 g/mol. The lowest BCUT2D eigenvalue weighted by Gasteiger charge is -2.46. The predicted molar refractivity (Wildman–Crippen MR) is 114 cm³/mol. The van der Waals surface area contributed by atoms with Crippen molar-refractivity contribution in [2.75, 3.05) is 25.1 Å². The molecule has 2 heterocycles. The molecular weight excluding hydrogens is 380 g/mol. The van der Waals surface area contributed by atoms with E-state index < -0.39 is 5.66 Å². The summed E-state index contributed by atoms with van der Waals surface area (Å²) in [4.78, 5) is 15.3. The van der Waals surface area contributed by atoms with Crippen molar-refractivity contribution in [2.24, 2.45) is 0 Å². The van der Waals surface area contributed by atoms with E-state index in [1.807, 2.05) is 74.5 Å². The standard InChI is InChI=1S/C24H26N2O4/c1-3-28-15-16-30-22-13-7-5-11-20(22)24(2)25-21-12-6-4-10-19(21)23(27)26(24)17-18-9-8-14-29-18/h4-14,25H,3,15-17H2,1-2H3. The minimum Gasteiger partial charge on any atom is -0.491 e. The Morgan fingerprint density at radius 1 is 1.03 bits per heavy atom. The highest BCUT2D eigenvalue weighted by molar-refractivity contribution is 6.02. The molecule has 0 spiro atoms. The number of hydrogen-bond acceptors (Lipinski definition) is 5. The molecule has 0 fully saturated rings. The van der Waals surface area contributed by atoms with Crippen molar-refractivity contribution in [3.8, 4) is 5.75 Å². The van der Waals surface area contributed by atoms with Crippen molar-refractivity contribution in [1.29, 1.82) is 0 Å². The van der Waals surface area contributed by atoms with Gasteiger partial charge in [-0.1, -0.05) is 30.3 Å². The first-order valence-corrected chi connectivity index (χ1v) is 10.1. The minimum atomic E-state index is -0.833. The van der Waals surface area contributed by atoms with Crippen molar-refractivity contribution in [3.63, 3.8) is 0 Å². The lowest BCUT2D eigenvalue weighted by Crippen LogP contribution is -2.55. The molecule has 6 heteroatoms. The Balaban J connectivity index is 1.74. The summed E-state index contributed by atoms with van der Waals surface area (Å²) < 4.78 is 17.0. The molecule has 1 aromatic heterocycles. The number of nitrogens with zero attached hydrogens (tertiary/aromatic N) is 1. The number of furan rings is 1. The summed E-state index contributed by atoms with van der Waals surface area (Å²) in [7, 11) is 0. The van der Waals surface area contributed by atoms with E-state index in [1.165, 1.54) is 0 Å². The van der Waals surface area contributed by atoms with Crippen LogP contribution in [0.3, 0.4) is 0 Å². The van der Waals surface area contributed by atoms with Crippen LogP contribution in [0.5, 0.6) is 5.75 Å². The zero-order valence-corrected chi connectivity index (χ0v) is 17.3. The number of rotatable bonds is 8. The summed E-state index contributed by atoms with van der Waals surface area (Å²) in [5.41, 5.74) is 1.47. The van der Waals surface area contributed by atoms with Crippen molar-refractivity contribution >= 4 is 11.6 Å². The molecule has 0 aliphatic carbocycles. The number of carbonyl (C=O) groups is 1. The van der Waals surface area contributed by atoms with Gasteiger partial charge in [0.1, 0.15) is 23.8 Å². The second-order valence-electron chi connectivity index (χ2n) is 7.26. The number of nitrogens with one attached hydrogen (secondary N) is 1. The molecule has 2 aromatic carbocycles. The lowest BCUT2D eigenvalue weighted by molar-refractivity contribution is 0.0476. The molecule has 0 saturated carbocycles. The van der Waals surface area contributed by atoms with Crippen molar-refractivity contribution in [1.82, 2.24) is 4.90 Å². The molecule has 1 aliphatic heterocycles. The number of anilines is 1. The first kappa shape index (κ1) is 20.0. The second-order valence-corrected chi connectivity index (χ2v) is 7.26. The molecule has 0 saturated heterocycles. The normalized spacial score (nSPS) is 18.1. The molecule has 3 aromatic rings. The van der Waals surface area contributed by atoms with E-state index in [9.17, 15) is 4.79 Å². The van der Waals surface area contributed by atoms with Gasteiger partial charge in [0.25, 0.3) is 5.91 Å². The van der Waals surface area contributed by atoms with Crippen molar-refractivity contribution in [3.05, 3.63) is 83.8 Å². The van der Waals surface area contributed by atoms with E-state index in [0.29, 0.717) is 43.4 Å². The van der Waals surface area contributed by atoms with Crippen LogP contribution in [0, 0.1) is 0 Å². The molecule has 1 N–H and O–H groups in total. The summed E-state index contributed by atoms with van der Waals surface area (Å²) in [5, 5.41) is 3.58. The molecule has 30 heavy (non-hydrogen) atoms. The third-order valence-electron chi connectivity index (χ3n) is 5.32. The number of amides is 1. The Morgan fingerprint density at radius 2 is 1.83 bits per heavy atom. The predicted octanol–water partition coefficient (Wildman–Crippen LogP) is 4.64. The van der Waals surface area contributed by atoms with Crippen LogP contribution in [0.4, 0.5) is 5.69 Å². The molecule has 1 unspecified atom stereocenters. The van der Waals surface area contributed by atoms with Gasteiger partial charge in [-0.2, -0.15) is 0 Å². The number of para-hydroxylation sites is 2. The molecule has 6 nitrogen and oxygen atoms in total. The molecule has 4 rings (SSSR count). The Hall–Kier alpha value is -3.25. The minimum absolute atomic E-state index is 0.0626. The molecule has 156 valence electrons. The van der Waals surface area contributed by atoms with Gasteiger partial charge in [0.2, 0.25) is 0 Å². The maximum absolute atomic E-state index is 13.5. The first-order valence-electron chi connectivity index (χ1n) is 10.1. The molecular formula is C24H26N2O4. The van der Waals surface area contributed by atoms with Crippen LogP contribution >= 0.6 is 0 Å². The third-order valence-corrected chi connectivity index (χ3v) is 5.32. The van der Waals surface area contributed by atoms with E-state index >= 15 is 0 Å². The van der Waals surface area contributed by atoms with Gasteiger partial charge >= 0.3 is 0 Å². The Bertz CT molecular complexity index is 1000. The summed E-state index contributed by atoms with van der Waals surface area (Å²) in [6.45, 7) is 5.87. The van der Waals surface area contributed by atoms with Gasteiger partial charge in [0, 0.05) is 17.9 Å². The fraction of sp³-hybridized carbons (Fsp3) is 0.292. The number of benzene rings is 2. The van der Waals surface area contributed by atoms with E-state index in [2.05, 4.69) is 5.32 Å². The van der Waals surface area contributed by atoms with Gasteiger partial charge in [-0.3, -0.25) is 4.79 Å². The smallest absolute Gasteiger partial charge is 0.258 e. The largest absolute Gasteiger partial charge is 0.491 e. The van der Waals surface area contributed by atoms with Crippen LogP contribution in [0.2, 0.25) is 0 Å². The van der Waals surface area contributed by atoms with Gasteiger partial charge in [-0.25, -0.2) is 0 Å². The van der Waals surface area contributed by atoms with Crippen LogP contribution < -0.4 is 10.1 Å². The van der Waals surface area contributed by atoms with Crippen molar-refractivity contribution < 1.29 is 18.7 Å². The lowest BCUT2D eigenvalue weighted by atomic mass is 9.92. The Kier molecular flexibility index (Phi) is 5.77. The van der Waals surface area contributed by atoms with E-state index in [0.717, 1.165) is 11.3 Å². The maximum Gasteiger partial charge on any atom is 0.258 e. The number of ether oxygens (including phenoxy) is 2. The molecule has 0 radical (unpaired) electrons. The zero-order chi connectivity index (χ0) is 21.0. The van der Waals surface area contributed by atoms with E-state index in [1.54, 1.807) is 11.2 Å². The number of carbonyl (C=O) groups excluding carboxylic acids is 1. The highest BCUT2D eigenvalue weighted by Gasteiger charge is 2.44. The van der Waals surface area contributed by atoms with Crippen LogP contribution in [0.25, 0.3) is 0 Å². The van der Waals surface area contributed by atoms with Gasteiger partial charge in [0.15, 0.2) is 0 Å². The molecule has 0 bridgehead atoms. The Labute approximate surface area is 176 Å². The summed E-state index contributed by atoms with van der Waals surface area (Å²) >= 11 is 0. The fourth-order valence-corrected chi connectivity index (χ4v) is 3.81. The zero-order valence-electron chi connectivity index (χ0n) is 17.3. The van der Waals surface area contributed by atoms with Crippen molar-refractivity contribution in [2.45, 2.75) is 26.1 Å². The van der Waals surface area contributed by atoms with Gasteiger partial charge in [-0.05, 0) is 44.2 Å². The number of fused-ring (bicyclic) bond motifs is 1. The molecule has 1 amide bonds. The van der Waals surface area contributed by atoms with E-state index in [4.69, 9.17) is 13.9 Å². The van der Waals surface area contributed by atoms with Gasteiger partial charge in [-0.15, -0.1) is 0 Å². The third kappa shape index (κ3) is 3.78. The topological polar surface area (TPSA) is 63.9 Å². The summed E-state index contributed by atoms with van der Waals surface area (Å²) in [6.07, 6.45) is 1.62. The monoisotopic (exact) mass is 406 g/mol. The van der Waals surface area contributed by atoms with Crippen LogP contribution in [0.1, 0.15) is 35.5 Å². The maximum atomic E-state index is 13.5. The van der Waals surface area contributed by atoms with Crippen LogP contribution in [0.15, 0.2) is 71.3 Å². The highest BCUT2D eigenvalue weighted by Crippen LogP contribution is 2.42. The Morgan fingerprint density at radius 3 is 2.63 bits per heavy atom. The second kappa shape index (κ2) is 8.63. The fourth-order valence-electron chi connectivity index (χ4n) is 3.81. The van der Waals surface area contributed by atoms with Crippen LogP contribution in [-0.2, 0) is 16.9 Å². The average Bonchev–Trinajstić information content (AvgIpc) is 3.28.